The van der Waals surface area contributed by atoms with E-state index in [1.165, 1.54) is 12.1 Å². The third kappa shape index (κ3) is 5.39. The Kier molecular flexibility index (Phi) is 5.93. The largest absolute Gasteiger partial charge is 0.325 e. The number of guanidine groups is 1. The van der Waals surface area contributed by atoms with Gasteiger partial charge >= 0.3 is 0 Å². The van der Waals surface area contributed by atoms with E-state index in [9.17, 15) is 8.42 Å². The molecule has 0 amide bonds. The number of aryl methyl sites for hydroxylation is 4. The number of rotatable bonds is 4. The Morgan fingerprint density at radius 2 is 1.48 bits per heavy atom. The van der Waals surface area contributed by atoms with Gasteiger partial charge in [-0.2, -0.15) is 8.42 Å². The molecule has 0 fully saturated rings. The van der Waals surface area contributed by atoms with Crippen molar-refractivity contribution >= 4 is 27.6 Å². The first-order valence-corrected chi connectivity index (χ1v) is 10.5. The Morgan fingerprint density at radius 1 is 0.828 bits per heavy atom. The Hall–Kier alpha value is -3.26. The van der Waals surface area contributed by atoms with Crippen molar-refractivity contribution in [3.63, 3.8) is 0 Å². The van der Waals surface area contributed by atoms with Crippen molar-refractivity contribution in [3.05, 3.63) is 77.1 Å². The summed E-state index contributed by atoms with van der Waals surface area (Å²) in [6.07, 6.45) is 0. The molecule has 7 nitrogen and oxygen atoms in total. The summed E-state index contributed by atoms with van der Waals surface area (Å²) in [6.45, 7) is 7.68. The summed E-state index contributed by atoms with van der Waals surface area (Å²) in [4.78, 5) is 8.72. The number of benzene rings is 2. The maximum atomic E-state index is 12.8. The fourth-order valence-corrected chi connectivity index (χ4v) is 3.62. The van der Waals surface area contributed by atoms with E-state index in [1.54, 1.807) is 18.2 Å². The van der Waals surface area contributed by atoms with Crippen LogP contribution < -0.4 is 10.6 Å². The minimum absolute atomic E-state index is 0.0158. The first kappa shape index (κ1) is 20.5. The number of sulfonamides is 1. The maximum absolute atomic E-state index is 12.8. The molecule has 29 heavy (non-hydrogen) atoms. The van der Waals surface area contributed by atoms with Crippen LogP contribution in [0.3, 0.4) is 0 Å². The van der Waals surface area contributed by atoms with Crippen molar-refractivity contribution in [1.82, 2.24) is 9.97 Å². The molecule has 0 unspecified atom stereocenters. The van der Waals surface area contributed by atoms with Gasteiger partial charge < -0.3 is 5.32 Å². The normalized spacial score (nSPS) is 11.9. The zero-order valence-electron chi connectivity index (χ0n) is 16.8. The predicted molar refractivity (Wildman–Crippen MR) is 116 cm³/mol. The molecule has 0 saturated heterocycles. The molecule has 0 aliphatic rings. The van der Waals surface area contributed by atoms with Gasteiger partial charge in [0.15, 0.2) is 0 Å². The van der Waals surface area contributed by atoms with Crippen molar-refractivity contribution in [1.29, 1.82) is 0 Å². The molecule has 0 atom stereocenters. The molecule has 1 aromatic heterocycles. The smallest absolute Gasteiger partial charge is 0.285 e. The quantitative estimate of drug-likeness (QED) is 0.500. The number of aromatic nitrogens is 2. The molecular formula is C21H23N5O2S. The van der Waals surface area contributed by atoms with Gasteiger partial charge in [0, 0.05) is 17.1 Å². The number of hydrogen-bond acceptors (Lipinski definition) is 4. The third-order valence-electron chi connectivity index (χ3n) is 4.23. The summed E-state index contributed by atoms with van der Waals surface area (Å²) < 4.78 is 29.5. The second-order valence-corrected chi connectivity index (χ2v) is 8.36. The zero-order valence-corrected chi connectivity index (χ0v) is 17.6. The van der Waals surface area contributed by atoms with Crippen LogP contribution in [-0.4, -0.2) is 24.3 Å². The molecular weight excluding hydrogens is 386 g/mol. The van der Waals surface area contributed by atoms with Crippen LogP contribution in [0.15, 0.2) is 63.9 Å². The molecule has 0 saturated carbocycles. The molecule has 3 rings (SSSR count). The van der Waals surface area contributed by atoms with Crippen molar-refractivity contribution in [2.75, 3.05) is 10.6 Å². The van der Waals surface area contributed by atoms with Crippen LogP contribution in [0, 0.1) is 27.7 Å². The molecule has 0 radical (unpaired) electrons. The summed E-state index contributed by atoms with van der Waals surface area (Å²) in [5.74, 6) is 0.281. The van der Waals surface area contributed by atoms with Crippen LogP contribution in [0.25, 0.3) is 0 Å². The molecule has 2 N–H and O–H groups in total. The summed E-state index contributed by atoms with van der Waals surface area (Å²) in [6, 6.07) is 15.6. The number of nitrogens with zero attached hydrogens (tertiary/aromatic N) is 3. The van der Waals surface area contributed by atoms with Crippen molar-refractivity contribution in [3.8, 4) is 0 Å². The molecule has 0 aliphatic heterocycles. The second kappa shape index (κ2) is 8.40. The van der Waals surface area contributed by atoms with Crippen molar-refractivity contribution in [2.45, 2.75) is 32.6 Å². The lowest BCUT2D eigenvalue weighted by atomic mass is 10.1. The van der Waals surface area contributed by atoms with Gasteiger partial charge in [-0.1, -0.05) is 24.3 Å². The highest BCUT2D eigenvalue weighted by atomic mass is 32.2. The average Bonchev–Trinajstić information content (AvgIpc) is 2.64. The van der Waals surface area contributed by atoms with E-state index in [1.807, 2.05) is 52.0 Å². The highest BCUT2D eigenvalue weighted by molar-refractivity contribution is 7.90. The van der Waals surface area contributed by atoms with Gasteiger partial charge in [0.1, 0.15) is 0 Å². The lowest BCUT2D eigenvalue weighted by Crippen LogP contribution is -2.25. The van der Waals surface area contributed by atoms with Gasteiger partial charge in [-0.3, -0.25) is 5.32 Å². The van der Waals surface area contributed by atoms with Crippen molar-refractivity contribution < 1.29 is 8.42 Å². The Balaban J connectivity index is 2.01. The average molecular weight is 410 g/mol. The van der Waals surface area contributed by atoms with Crippen LogP contribution >= 0.6 is 0 Å². The first-order chi connectivity index (χ1) is 13.7. The number of nitrogens with one attached hydrogen (secondary N) is 2. The van der Waals surface area contributed by atoms with E-state index >= 15 is 0 Å². The van der Waals surface area contributed by atoms with Crippen LogP contribution in [0.2, 0.25) is 0 Å². The molecule has 0 aliphatic carbocycles. The van der Waals surface area contributed by atoms with Gasteiger partial charge in [0.2, 0.25) is 11.9 Å². The SMILES string of the molecule is Cc1cc(C)nc(N/C(=N/S(=O)(=O)c2ccccc2)Nc2ccc(C)c(C)c2)n1. The number of anilines is 2. The summed E-state index contributed by atoms with van der Waals surface area (Å²) in [5.41, 5.74) is 4.43. The van der Waals surface area contributed by atoms with Crippen LogP contribution in [0.4, 0.5) is 11.6 Å². The third-order valence-corrected chi connectivity index (χ3v) is 5.53. The Morgan fingerprint density at radius 3 is 2.10 bits per heavy atom. The van der Waals surface area contributed by atoms with Crippen LogP contribution in [0.5, 0.6) is 0 Å². The van der Waals surface area contributed by atoms with E-state index in [2.05, 4.69) is 25.0 Å². The van der Waals surface area contributed by atoms with Crippen LogP contribution in [0.1, 0.15) is 22.5 Å². The minimum atomic E-state index is -3.93. The molecule has 0 bridgehead atoms. The molecule has 8 heteroatoms. The molecule has 1 heterocycles. The molecule has 150 valence electrons. The highest BCUT2D eigenvalue weighted by Crippen LogP contribution is 2.17. The lowest BCUT2D eigenvalue weighted by Gasteiger charge is -2.13. The summed E-state index contributed by atoms with van der Waals surface area (Å²) in [5, 5.41) is 5.95. The van der Waals surface area contributed by atoms with Gasteiger partial charge in [-0.25, -0.2) is 9.97 Å². The zero-order chi connectivity index (χ0) is 21.0. The second-order valence-electron chi connectivity index (χ2n) is 6.75. The maximum Gasteiger partial charge on any atom is 0.285 e. The fourth-order valence-electron chi connectivity index (χ4n) is 2.69. The van der Waals surface area contributed by atoms with E-state index in [4.69, 9.17) is 0 Å². The summed E-state index contributed by atoms with van der Waals surface area (Å²) >= 11 is 0. The van der Waals surface area contributed by atoms with E-state index < -0.39 is 10.0 Å². The standard InChI is InChI=1S/C21H23N5O2S/c1-14-10-11-18(12-15(14)2)24-21(25-20-22-16(3)13-17(4)23-20)26-29(27,28)19-8-6-5-7-9-19/h5-13H,1-4H3,(H2,22,23,24,25,26). The van der Waals surface area contributed by atoms with E-state index in [-0.39, 0.29) is 16.8 Å². The lowest BCUT2D eigenvalue weighted by molar-refractivity contribution is 0.598. The van der Waals surface area contributed by atoms with E-state index in [0.717, 1.165) is 22.5 Å². The highest BCUT2D eigenvalue weighted by Gasteiger charge is 2.15. The molecule has 0 spiro atoms. The van der Waals surface area contributed by atoms with Gasteiger partial charge in [-0.05, 0) is 69.2 Å². The van der Waals surface area contributed by atoms with Gasteiger partial charge in [0.25, 0.3) is 10.0 Å². The Bertz CT molecular complexity index is 1140. The predicted octanol–water partition coefficient (Wildman–Crippen LogP) is 3.98. The first-order valence-electron chi connectivity index (χ1n) is 9.06. The van der Waals surface area contributed by atoms with Crippen LogP contribution in [-0.2, 0) is 10.0 Å². The van der Waals surface area contributed by atoms with Gasteiger partial charge in [-0.15, -0.1) is 4.40 Å². The summed E-state index contributed by atoms with van der Waals surface area (Å²) in [7, 11) is -3.93. The Labute approximate surface area is 171 Å². The molecule has 2 aromatic carbocycles. The van der Waals surface area contributed by atoms with Crippen molar-refractivity contribution in [2.24, 2.45) is 4.40 Å². The van der Waals surface area contributed by atoms with E-state index in [0.29, 0.717) is 5.69 Å². The monoisotopic (exact) mass is 409 g/mol. The fraction of sp³-hybridized carbons (Fsp3) is 0.190. The van der Waals surface area contributed by atoms with Gasteiger partial charge in [0.05, 0.1) is 4.90 Å². The minimum Gasteiger partial charge on any atom is -0.325 e. The molecule has 3 aromatic rings. The topological polar surface area (TPSA) is 96.3 Å². The number of hydrogen-bond donors (Lipinski definition) is 2.